The highest BCUT2D eigenvalue weighted by Gasteiger charge is 2.14. The quantitative estimate of drug-likeness (QED) is 0.768. The molecule has 3 nitrogen and oxygen atoms in total. The summed E-state index contributed by atoms with van der Waals surface area (Å²) < 4.78 is 0. The molecule has 2 unspecified atom stereocenters. The van der Waals surface area contributed by atoms with Crippen molar-refractivity contribution < 1.29 is 0 Å². The Kier molecular flexibility index (Phi) is 6.97. The maximum Gasteiger partial charge on any atom is 0.0900 e. The van der Waals surface area contributed by atoms with Crippen LogP contribution in [-0.4, -0.2) is 18.1 Å². The number of nitrogens with one attached hydrogen (secondary N) is 1. The smallest absolute Gasteiger partial charge is 0.0900 e. The van der Waals surface area contributed by atoms with E-state index in [0.29, 0.717) is 12.0 Å². The lowest BCUT2D eigenvalue weighted by Crippen LogP contribution is -2.25. The van der Waals surface area contributed by atoms with Crippen LogP contribution in [0.1, 0.15) is 55.2 Å². The number of hydrogen-bond acceptors (Lipinski definition) is 4. The zero-order chi connectivity index (χ0) is 14.4. The Morgan fingerprint density at radius 2 is 1.95 bits per heavy atom. The molecule has 0 radical (unpaired) electrons. The van der Waals surface area contributed by atoms with Crippen LogP contribution < -0.4 is 11.1 Å². The predicted octanol–water partition coefficient (Wildman–Crippen LogP) is 3.42. The molecule has 3 N–H and O–H groups in total. The van der Waals surface area contributed by atoms with Gasteiger partial charge in [-0.2, -0.15) is 0 Å². The minimum Gasteiger partial charge on any atom is -0.330 e. The number of nitrogens with two attached hydrogens (primary N) is 1. The minimum atomic E-state index is 0.392. The van der Waals surface area contributed by atoms with Crippen molar-refractivity contribution >= 4 is 11.3 Å². The van der Waals surface area contributed by atoms with Crippen LogP contribution in [-0.2, 0) is 0 Å². The molecule has 4 heteroatoms. The molecule has 0 amide bonds. The molecule has 0 aromatic carbocycles. The Morgan fingerprint density at radius 1 is 1.26 bits per heavy atom. The van der Waals surface area contributed by atoms with Crippen molar-refractivity contribution in [2.45, 2.75) is 53.5 Å². The van der Waals surface area contributed by atoms with Crippen molar-refractivity contribution in [2.24, 2.45) is 17.6 Å². The molecular weight excluding hydrogens is 254 g/mol. The van der Waals surface area contributed by atoms with E-state index in [1.807, 2.05) is 0 Å². The Bertz CT molecular complexity index is 373. The normalized spacial score (nSPS) is 14.9. The van der Waals surface area contributed by atoms with E-state index in [2.05, 4.69) is 44.9 Å². The first-order valence-corrected chi connectivity index (χ1v) is 8.13. The lowest BCUT2D eigenvalue weighted by molar-refractivity contribution is 0.379. The summed E-state index contributed by atoms with van der Waals surface area (Å²) in [5, 5.41) is 4.76. The second-order valence-corrected chi connectivity index (χ2v) is 7.11. The van der Waals surface area contributed by atoms with Gasteiger partial charge in [0, 0.05) is 10.9 Å². The number of rotatable bonds is 8. The van der Waals surface area contributed by atoms with E-state index in [9.17, 15) is 0 Å². The largest absolute Gasteiger partial charge is 0.330 e. The Balaban J connectivity index is 2.38. The summed E-state index contributed by atoms with van der Waals surface area (Å²) in [5.41, 5.74) is 7.01. The molecule has 1 heterocycles. The highest BCUT2D eigenvalue weighted by atomic mass is 32.1. The van der Waals surface area contributed by atoms with Gasteiger partial charge >= 0.3 is 0 Å². The number of aryl methyl sites for hydroxylation is 2. The van der Waals surface area contributed by atoms with E-state index < -0.39 is 0 Å². The molecule has 0 aliphatic heterocycles. The standard InChI is InChI=1S/C15H29N3S/c1-10(2)8-14(9-16)6-7-17-11(3)15-12(4)18-13(5)19-15/h10-11,14,17H,6-9,16H2,1-5H3. The molecule has 0 saturated heterocycles. The topological polar surface area (TPSA) is 50.9 Å². The van der Waals surface area contributed by atoms with Gasteiger partial charge in [-0.05, 0) is 58.5 Å². The van der Waals surface area contributed by atoms with Crippen LogP contribution in [0, 0.1) is 25.7 Å². The monoisotopic (exact) mass is 283 g/mol. The van der Waals surface area contributed by atoms with Gasteiger partial charge in [0.05, 0.1) is 10.7 Å². The fourth-order valence-corrected chi connectivity index (χ4v) is 3.50. The Hall–Kier alpha value is -0.450. The van der Waals surface area contributed by atoms with Crippen LogP contribution >= 0.6 is 11.3 Å². The highest BCUT2D eigenvalue weighted by Crippen LogP contribution is 2.24. The van der Waals surface area contributed by atoms with Crippen molar-refractivity contribution in [3.05, 3.63) is 15.6 Å². The molecule has 0 aliphatic rings. The van der Waals surface area contributed by atoms with Crippen molar-refractivity contribution in [1.29, 1.82) is 0 Å². The minimum absolute atomic E-state index is 0.392. The van der Waals surface area contributed by atoms with Crippen LogP contribution in [0.3, 0.4) is 0 Å². The van der Waals surface area contributed by atoms with E-state index in [1.54, 1.807) is 11.3 Å². The summed E-state index contributed by atoms with van der Waals surface area (Å²) in [5.74, 6) is 1.38. The van der Waals surface area contributed by atoms with Gasteiger partial charge in [-0.15, -0.1) is 11.3 Å². The van der Waals surface area contributed by atoms with Crippen molar-refractivity contribution in [3.63, 3.8) is 0 Å². The molecule has 2 atom stereocenters. The third kappa shape index (κ3) is 5.59. The molecular formula is C15H29N3S. The second kappa shape index (κ2) is 7.98. The summed E-state index contributed by atoms with van der Waals surface area (Å²) in [7, 11) is 0. The summed E-state index contributed by atoms with van der Waals surface area (Å²) in [6, 6.07) is 0.392. The second-order valence-electron chi connectivity index (χ2n) is 5.88. The molecule has 0 bridgehead atoms. The molecule has 1 aromatic heterocycles. The Labute approximate surface area is 122 Å². The molecule has 1 aromatic rings. The summed E-state index contributed by atoms with van der Waals surface area (Å²) >= 11 is 1.80. The molecule has 0 aliphatic carbocycles. The third-order valence-electron chi connectivity index (χ3n) is 3.47. The first kappa shape index (κ1) is 16.6. The van der Waals surface area contributed by atoms with Gasteiger partial charge in [0.1, 0.15) is 0 Å². The van der Waals surface area contributed by atoms with Gasteiger partial charge in [0.25, 0.3) is 0 Å². The third-order valence-corrected chi connectivity index (χ3v) is 4.73. The van der Waals surface area contributed by atoms with E-state index in [4.69, 9.17) is 5.73 Å². The summed E-state index contributed by atoms with van der Waals surface area (Å²) in [6.45, 7) is 12.8. The predicted molar refractivity (Wildman–Crippen MR) is 84.6 cm³/mol. The molecule has 110 valence electrons. The lowest BCUT2D eigenvalue weighted by atomic mass is 9.94. The lowest BCUT2D eigenvalue weighted by Gasteiger charge is -2.19. The molecule has 0 saturated carbocycles. The van der Waals surface area contributed by atoms with Crippen LogP contribution in [0.5, 0.6) is 0 Å². The van der Waals surface area contributed by atoms with Crippen molar-refractivity contribution in [3.8, 4) is 0 Å². The van der Waals surface area contributed by atoms with Gasteiger partial charge in [-0.1, -0.05) is 13.8 Å². The average molecular weight is 283 g/mol. The maximum absolute atomic E-state index is 5.84. The fraction of sp³-hybridized carbons (Fsp3) is 0.800. The molecule has 0 fully saturated rings. The van der Waals surface area contributed by atoms with Crippen LogP contribution in [0.25, 0.3) is 0 Å². The van der Waals surface area contributed by atoms with Gasteiger partial charge < -0.3 is 11.1 Å². The van der Waals surface area contributed by atoms with Gasteiger partial charge in [0.15, 0.2) is 0 Å². The summed E-state index contributed by atoms with van der Waals surface area (Å²) in [6.07, 6.45) is 2.39. The zero-order valence-electron chi connectivity index (χ0n) is 13.0. The Morgan fingerprint density at radius 3 is 2.42 bits per heavy atom. The van der Waals surface area contributed by atoms with Gasteiger partial charge in [-0.3, -0.25) is 0 Å². The number of hydrogen-bond donors (Lipinski definition) is 2. The summed E-state index contributed by atoms with van der Waals surface area (Å²) in [4.78, 5) is 5.86. The van der Waals surface area contributed by atoms with Crippen LogP contribution in [0.15, 0.2) is 0 Å². The van der Waals surface area contributed by atoms with E-state index in [0.717, 1.165) is 30.4 Å². The van der Waals surface area contributed by atoms with E-state index >= 15 is 0 Å². The molecule has 19 heavy (non-hydrogen) atoms. The van der Waals surface area contributed by atoms with Crippen LogP contribution in [0.2, 0.25) is 0 Å². The molecule has 0 spiro atoms. The first-order chi connectivity index (χ1) is 8.93. The van der Waals surface area contributed by atoms with E-state index in [1.165, 1.54) is 17.0 Å². The highest BCUT2D eigenvalue weighted by molar-refractivity contribution is 7.11. The maximum atomic E-state index is 5.84. The fourth-order valence-electron chi connectivity index (χ4n) is 2.54. The number of nitrogens with zero attached hydrogens (tertiary/aromatic N) is 1. The van der Waals surface area contributed by atoms with Gasteiger partial charge in [-0.25, -0.2) is 4.98 Å². The van der Waals surface area contributed by atoms with E-state index in [-0.39, 0.29) is 0 Å². The average Bonchev–Trinajstić information content (AvgIpc) is 2.66. The van der Waals surface area contributed by atoms with Crippen molar-refractivity contribution in [1.82, 2.24) is 10.3 Å². The van der Waals surface area contributed by atoms with Gasteiger partial charge in [0.2, 0.25) is 0 Å². The van der Waals surface area contributed by atoms with Crippen molar-refractivity contribution in [2.75, 3.05) is 13.1 Å². The SMILES string of the molecule is Cc1nc(C)c(C(C)NCCC(CN)CC(C)C)s1. The van der Waals surface area contributed by atoms with Crippen LogP contribution in [0.4, 0.5) is 0 Å². The number of thiazole rings is 1. The zero-order valence-corrected chi connectivity index (χ0v) is 13.8. The number of aromatic nitrogens is 1. The first-order valence-electron chi connectivity index (χ1n) is 7.31. The molecule has 1 rings (SSSR count).